The summed E-state index contributed by atoms with van der Waals surface area (Å²) < 4.78 is 5.93. The van der Waals surface area contributed by atoms with Crippen molar-refractivity contribution in [2.24, 2.45) is 0 Å². The van der Waals surface area contributed by atoms with Gasteiger partial charge in [0.25, 0.3) is 0 Å². The fraction of sp³-hybridized carbons (Fsp3) is 0. The van der Waals surface area contributed by atoms with Crippen molar-refractivity contribution < 1.29 is 11.3 Å². The lowest BCUT2D eigenvalue weighted by Gasteiger charge is -1.58. The summed E-state index contributed by atoms with van der Waals surface area (Å²) in [5.41, 5.74) is 0. The van der Waals surface area contributed by atoms with Crippen LogP contribution in [-0.2, 0) is 4.79 Å². The van der Waals surface area contributed by atoms with E-state index >= 15 is 0 Å². The van der Waals surface area contributed by atoms with Gasteiger partial charge in [0.05, 0.1) is 6.90 Å². The smallest absolute Gasteiger partial charge is 0.303 e. The average Bonchev–Trinajstić information content (AvgIpc) is 1.38. The van der Waals surface area contributed by atoms with E-state index in [0.717, 1.165) is 0 Å². The van der Waals surface area contributed by atoms with Gasteiger partial charge in [-0.05, 0) is 0 Å². The van der Waals surface area contributed by atoms with Crippen LogP contribution in [0.2, 0.25) is 0 Å². The molecule has 0 saturated heterocycles. The van der Waals surface area contributed by atoms with E-state index in [0.29, 0.717) is 6.90 Å². The molecule has 0 aliphatic heterocycles. The van der Waals surface area contributed by atoms with Crippen LogP contribution in [0.4, 0.5) is 0 Å². The topological polar surface area (TPSA) is 37.3 Å². The van der Waals surface area contributed by atoms with Gasteiger partial charge in [-0.25, -0.2) is 0 Å². The van der Waals surface area contributed by atoms with Crippen LogP contribution < -0.4 is 0 Å². The second kappa shape index (κ2) is 0.875. The third-order valence-electron chi connectivity index (χ3n) is 0. The zero-order valence-corrected chi connectivity index (χ0v) is 1.93. The van der Waals surface area contributed by atoms with E-state index in [1.54, 1.807) is 0 Å². The molecule has 0 aliphatic rings. The maximum atomic E-state index is 9.12. The SMILES string of the molecule is [2H][CH]C(=O)O. The largest absolute Gasteiger partial charge is 0.481 e. The quantitative estimate of drug-likeness (QED) is 0.459. The highest BCUT2D eigenvalue weighted by molar-refractivity contribution is 5.71. The molecule has 0 spiro atoms. The summed E-state index contributed by atoms with van der Waals surface area (Å²) in [7, 11) is 0. The van der Waals surface area contributed by atoms with Crippen LogP contribution in [0.25, 0.3) is 0 Å². The molecule has 0 aromatic carbocycles. The van der Waals surface area contributed by atoms with Gasteiger partial charge in [0.1, 0.15) is 0 Å². The Balaban J connectivity index is 2.85. The minimum atomic E-state index is -1.20. The zero-order valence-electron chi connectivity index (χ0n) is 2.93. The van der Waals surface area contributed by atoms with Gasteiger partial charge in [-0.2, -0.15) is 0 Å². The third-order valence-corrected chi connectivity index (χ3v) is 0. The molecule has 2 heteroatoms. The van der Waals surface area contributed by atoms with E-state index in [1.165, 1.54) is 0 Å². The molecule has 0 aromatic heterocycles. The predicted molar refractivity (Wildman–Crippen MR) is 13.0 cm³/mol. The summed E-state index contributed by atoms with van der Waals surface area (Å²) >= 11 is 0. The second-order valence-corrected chi connectivity index (χ2v) is 0.338. The van der Waals surface area contributed by atoms with Crippen LogP contribution in [0.3, 0.4) is 0 Å². The van der Waals surface area contributed by atoms with Crippen molar-refractivity contribution in [1.29, 1.82) is 0 Å². The summed E-state index contributed by atoms with van der Waals surface area (Å²) in [5.74, 6) is -1.20. The summed E-state index contributed by atoms with van der Waals surface area (Å²) in [6, 6.07) is 0. The van der Waals surface area contributed by atoms with E-state index in [2.05, 4.69) is 0 Å². The Labute approximate surface area is 25.5 Å². The van der Waals surface area contributed by atoms with Crippen molar-refractivity contribution in [2.75, 3.05) is 0 Å². The molecule has 0 saturated carbocycles. The standard InChI is InChI=1S/C2H3O2/c1-2(3)4/h1H2,(H,3,4)/i1D. The number of carbonyl (C=O) groups is 1. The van der Waals surface area contributed by atoms with Crippen LogP contribution in [-0.4, -0.2) is 11.1 Å². The number of carboxylic acid groups (broad SMARTS) is 1. The predicted octanol–water partition coefficient (Wildman–Crippen LogP) is -0.0949. The van der Waals surface area contributed by atoms with Crippen molar-refractivity contribution in [1.82, 2.24) is 0 Å². The van der Waals surface area contributed by atoms with Gasteiger partial charge in [0.15, 0.2) is 0 Å². The summed E-state index contributed by atoms with van der Waals surface area (Å²) in [6.45, 7) is 0.333. The van der Waals surface area contributed by atoms with E-state index in [-0.39, 0.29) is 0 Å². The van der Waals surface area contributed by atoms with Crippen molar-refractivity contribution in [2.45, 2.75) is 0 Å². The molecule has 1 N–H and O–H groups in total. The molecule has 2 nitrogen and oxygen atoms in total. The number of aliphatic carboxylic acids is 1. The molecule has 23 valence electrons. The van der Waals surface area contributed by atoms with Crippen LogP contribution in [0.5, 0.6) is 0 Å². The average molecular weight is 60.1 g/mol. The van der Waals surface area contributed by atoms with Crippen LogP contribution >= 0.6 is 0 Å². The minimum Gasteiger partial charge on any atom is -0.481 e. The van der Waals surface area contributed by atoms with E-state index < -0.39 is 5.97 Å². The highest BCUT2D eigenvalue weighted by atomic mass is 16.4. The Bertz CT molecular complexity index is 42.9. The van der Waals surface area contributed by atoms with Crippen LogP contribution in [0.15, 0.2) is 0 Å². The summed E-state index contributed by atoms with van der Waals surface area (Å²) in [6.07, 6.45) is 0. The van der Waals surface area contributed by atoms with Gasteiger partial charge in [-0.15, -0.1) is 0 Å². The van der Waals surface area contributed by atoms with Crippen molar-refractivity contribution in [3.05, 3.63) is 6.90 Å². The van der Waals surface area contributed by atoms with E-state index in [1.807, 2.05) is 0 Å². The monoisotopic (exact) mass is 60.0 g/mol. The molecule has 0 bridgehead atoms. The van der Waals surface area contributed by atoms with Crippen LogP contribution in [0.1, 0.15) is 1.37 Å². The highest BCUT2D eigenvalue weighted by Gasteiger charge is 1.66. The maximum Gasteiger partial charge on any atom is 0.303 e. The molecule has 0 heterocycles. The first-order valence-corrected chi connectivity index (χ1v) is 0.716. The Morgan fingerprint density at radius 2 is 2.75 bits per heavy atom. The van der Waals surface area contributed by atoms with E-state index in [4.69, 9.17) is 11.3 Å². The summed E-state index contributed by atoms with van der Waals surface area (Å²) in [5, 5.41) is 7.48. The molecule has 0 rings (SSSR count). The molecular weight excluding hydrogens is 56.0 g/mol. The number of carboxylic acids is 1. The number of hydrogen-bond donors (Lipinski definition) is 1. The number of hydrogen-bond acceptors (Lipinski definition) is 1. The molecule has 0 atom stereocenters. The van der Waals surface area contributed by atoms with Crippen molar-refractivity contribution in [3.8, 4) is 0 Å². The van der Waals surface area contributed by atoms with Gasteiger partial charge < -0.3 is 5.11 Å². The minimum absolute atomic E-state index is 0.333. The molecule has 0 fully saturated rings. The molecule has 4 heavy (non-hydrogen) atoms. The van der Waals surface area contributed by atoms with Gasteiger partial charge in [-0.3, -0.25) is 4.79 Å². The first kappa shape index (κ1) is 1.76. The lowest BCUT2D eigenvalue weighted by Crippen LogP contribution is -1.79. The van der Waals surface area contributed by atoms with Crippen molar-refractivity contribution >= 4 is 5.97 Å². The fourth-order valence-electron chi connectivity index (χ4n) is 0. The Kier molecular flexibility index (Phi) is 0.385. The van der Waals surface area contributed by atoms with Gasteiger partial charge in [0.2, 0.25) is 0 Å². The second-order valence-electron chi connectivity index (χ2n) is 0.338. The number of rotatable bonds is 1. The first-order valence-electron chi connectivity index (χ1n) is 1.29. The first-order chi connectivity index (χ1) is 2.27. The van der Waals surface area contributed by atoms with E-state index in [9.17, 15) is 0 Å². The fourth-order valence-corrected chi connectivity index (χ4v) is 0. The molecule has 0 unspecified atom stereocenters. The summed E-state index contributed by atoms with van der Waals surface area (Å²) in [4.78, 5) is 9.12. The third kappa shape index (κ3) is 1.16. The lowest BCUT2D eigenvalue weighted by atomic mass is 10.9. The van der Waals surface area contributed by atoms with Crippen molar-refractivity contribution in [3.63, 3.8) is 0 Å². The molecular formula is C2H3O2. The van der Waals surface area contributed by atoms with Gasteiger partial charge in [-0.1, -0.05) is 0 Å². The Hall–Kier alpha value is -0.530. The Morgan fingerprint density at radius 3 is 2.75 bits per heavy atom. The molecule has 0 aromatic rings. The lowest BCUT2D eigenvalue weighted by molar-refractivity contribution is -0.131. The maximum absolute atomic E-state index is 9.12. The molecule has 0 amide bonds. The normalized spacial score (nSPS) is 9.50. The highest BCUT2D eigenvalue weighted by Crippen LogP contribution is 1.40. The Morgan fingerprint density at radius 1 is 2.50 bits per heavy atom. The molecule has 0 aliphatic carbocycles. The van der Waals surface area contributed by atoms with Gasteiger partial charge >= 0.3 is 5.97 Å². The van der Waals surface area contributed by atoms with Gasteiger partial charge in [0, 0.05) is 1.37 Å². The van der Waals surface area contributed by atoms with Crippen LogP contribution in [0, 0.1) is 6.90 Å². The zero-order chi connectivity index (χ0) is 4.28. The molecule has 1 radical (unpaired) electrons.